The van der Waals surface area contributed by atoms with E-state index in [-0.39, 0.29) is 23.5 Å². The molecule has 2 rings (SSSR count). The van der Waals surface area contributed by atoms with Crippen molar-refractivity contribution in [2.75, 3.05) is 17.2 Å². The highest BCUT2D eigenvalue weighted by atomic mass is 32.2. The summed E-state index contributed by atoms with van der Waals surface area (Å²) < 4.78 is 22.5. The number of para-hydroxylation sites is 1. The van der Waals surface area contributed by atoms with Crippen LogP contribution in [0.5, 0.6) is 0 Å². The molecule has 5 nitrogen and oxygen atoms in total. The summed E-state index contributed by atoms with van der Waals surface area (Å²) in [7, 11) is -2.90. The number of hydrogen-bond acceptors (Lipinski definition) is 4. The van der Waals surface area contributed by atoms with Crippen LogP contribution in [-0.4, -0.2) is 31.9 Å². The molecule has 1 aromatic rings. The second kappa shape index (κ2) is 4.97. The second-order valence-electron chi connectivity index (χ2n) is 4.49. The Labute approximate surface area is 106 Å². The molecule has 1 fully saturated rings. The summed E-state index contributed by atoms with van der Waals surface area (Å²) in [6, 6.07) is 6.75. The Morgan fingerprint density at radius 2 is 1.83 bits per heavy atom. The van der Waals surface area contributed by atoms with E-state index in [2.05, 4.69) is 5.32 Å². The number of amides is 1. The van der Waals surface area contributed by atoms with Gasteiger partial charge in [0.05, 0.1) is 17.1 Å². The van der Waals surface area contributed by atoms with Crippen LogP contribution in [0.1, 0.15) is 23.2 Å². The average Bonchev–Trinajstić information content (AvgIpc) is 2.32. The summed E-state index contributed by atoms with van der Waals surface area (Å²) in [5.74, 6) is 0.0437. The summed E-state index contributed by atoms with van der Waals surface area (Å²) in [6.07, 6.45) is 0.946. The lowest BCUT2D eigenvalue weighted by Crippen LogP contribution is -2.41. The average molecular weight is 268 g/mol. The number of hydrogen-bond donors (Lipinski definition) is 2. The fraction of sp³-hybridized carbons (Fsp3) is 0.417. The van der Waals surface area contributed by atoms with Crippen LogP contribution < -0.4 is 11.1 Å². The molecule has 0 spiro atoms. The van der Waals surface area contributed by atoms with E-state index >= 15 is 0 Å². The zero-order valence-electron chi connectivity index (χ0n) is 9.93. The molecule has 1 aromatic carbocycles. The minimum absolute atomic E-state index is 0.0827. The molecular formula is C12H16N2O3S. The SMILES string of the molecule is Nc1ccccc1C(=O)NC1CCS(=O)(=O)CC1. The second-order valence-corrected chi connectivity index (χ2v) is 6.79. The van der Waals surface area contributed by atoms with Gasteiger partial charge in [0, 0.05) is 11.7 Å². The van der Waals surface area contributed by atoms with Crippen molar-refractivity contribution in [1.29, 1.82) is 0 Å². The Morgan fingerprint density at radius 3 is 2.44 bits per heavy atom. The normalized spacial score (nSPS) is 19.3. The van der Waals surface area contributed by atoms with Gasteiger partial charge in [-0.3, -0.25) is 4.79 Å². The van der Waals surface area contributed by atoms with Gasteiger partial charge < -0.3 is 11.1 Å². The Morgan fingerprint density at radius 1 is 1.22 bits per heavy atom. The van der Waals surface area contributed by atoms with Crippen LogP contribution in [-0.2, 0) is 9.84 Å². The zero-order chi connectivity index (χ0) is 13.2. The summed E-state index contributed by atoms with van der Waals surface area (Å²) in [5.41, 5.74) is 6.58. The van der Waals surface area contributed by atoms with E-state index in [1.807, 2.05) is 0 Å². The van der Waals surface area contributed by atoms with Gasteiger partial charge >= 0.3 is 0 Å². The third-order valence-corrected chi connectivity index (χ3v) is 4.81. The van der Waals surface area contributed by atoms with E-state index in [0.29, 0.717) is 24.1 Å². The molecule has 1 heterocycles. The molecule has 0 bridgehead atoms. The maximum atomic E-state index is 12.0. The first-order valence-electron chi connectivity index (χ1n) is 5.84. The van der Waals surface area contributed by atoms with Crippen LogP contribution in [0.4, 0.5) is 5.69 Å². The summed E-state index contributed by atoms with van der Waals surface area (Å²) in [4.78, 5) is 12.0. The molecule has 0 aromatic heterocycles. The quantitative estimate of drug-likeness (QED) is 0.768. The van der Waals surface area contributed by atoms with Gasteiger partial charge in [0.2, 0.25) is 0 Å². The molecule has 0 aliphatic carbocycles. The Bertz CT molecular complexity index is 540. The third-order valence-electron chi connectivity index (χ3n) is 3.10. The van der Waals surface area contributed by atoms with Crippen LogP contribution in [0, 0.1) is 0 Å². The molecule has 3 N–H and O–H groups in total. The number of carbonyl (C=O) groups is 1. The minimum atomic E-state index is -2.90. The first kappa shape index (κ1) is 12.9. The summed E-state index contributed by atoms with van der Waals surface area (Å²) >= 11 is 0. The number of nitrogens with one attached hydrogen (secondary N) is 1. The van der Waals surface area contributed by atoms with E-state index in [1.165, 1.54) is 0 Å². The van der Waals surface area contributed by atoms with Crippen LogP contribution in [0.25, 0.3) is 0 Å². The number of anilines is 1. The maximum absolute atomic E-state index is 12.0. The maximum Gasteiger partial charge on any atom is 0.253 e. The summed E-state index contributed by atoms with van der Waals surface area (Å²) in [5, 5.41) is 2.83. The highest BCUT2D eigenvalue weighted by Crippen LogP contribution is 2.15. The number of benzene rings is 1. The Hall–Kier alpha value is -1.56. The van der Waals surface area contributed by atoms with Gasteiger partial charge in [-0.25, -0.2) is 8.42 Å². The molecule has 1 aliphatic heterocycles. The first-order chi connectivity index (χ1) is 8.48. The smallest absolute Gasteiger partial charge is 0.253 e. The van der Waals surface area contributed by atoms with Crippen LogP contribution >= 0.6 is 0 Å². The predicted molar refractivity (Wildman–Crippen MR) is 70.0 cm³/mol. The molecule has 1 saturated heterocycles. The first-order valence-corrected chi connectivity index (χ1v) is 7.66. The number of nitrogen functional groups attached to an aromatic ring is 1. The van der Waals surface area contributed by atoms with Crippen molar-refractivity contribution in [2.24, 2.45) is 0 Å². The van der Waals surface area contributed by atoms with Gasteiger partial charge in [-0.2, -0.15) is 0 Å². The summed E-state index contributed by atoms with van der Waals surface area (Å²) in [6.45, 7) is 0. The lowest BCUT2D eigenvalue weighted by Gasteiger charge is -2.23. The van der Waals surface area contributed by atoms with Gasteiger partial charge in [-0.15, -0.1) is 0 Å². The van der Waals surface area contributed by atoms with Crippen LogP contribution in [0.15, 0.2) is 24.3 Å². The third kappa shape index (κ3) is 3.01. The predicted octanol–water partition coefficient (Wildman–Crippen LogP) is 0.576. The van der Waals surface area contributed by atoms with Crippen molar-refractivity contribution >= 4 is 21.4 Å². The minimum Gasteiger partial charge on any atom is -0.398 e. The van der Waals surface area contributed by atoms with E-state index in [9.17, 15) is 13.2 Å². The lowest BCUT2D eigenvalue weighted by molar-refractivity contribution is 0.0935. The Balaban J connectivity index is 1.99. The molecule has 6 heteroatoms. The fourth-order valence-corrected chi connectivity index (χ4v) is 3.49. The largest absolute Gasteiger partial charge is 0.398 e. The molecule has 0 saturated carbocycles. The highest BCUT2D eigenvalue weighted by molar-refractivity contribution is 7.91. The van der Waals surface area contributed by atoms with Crippen molar-refractivity contribution < 1.29 is 13.2 Å². The number of sulfone groups is 1. The van der Waals surface area contributed by atoms with Crippen LogP contribution in [0.2, 0.25) is 0 Å². The van der Waals surface area contributed by atoms with Crippen LogP contribution in [0.3, 0.4) is 0 Å². The molecule has 0 unspecified atom stereocenters. The van der Waals surface area contributed by atoms with Gasteiger partial charge in [0.25, 0.3) is 5.91 Å². The van der Waals surface area contributed by atoms with E-state index in [0.717, 1.165) is 0 Å². The monoisotopic (exact) mass is 268 g/mol. The molecule has 18 heavy (non-hydrogen) atoms. The number of nitrogens with two attached hydrogens (primary N) is 1. The topological polar surface area (TPSA) is 89.3 Å². The molecule has 0 atom stereocenters. The van der Waals surface area contributed by atoms with Gasteiger partial charge in [-0.1, -0.05) is 12.1 Å². The van der Waals surface area contributed by atoms with Crippen molar-refractivity contribution in [1.82, 2.24) is 5.32 Å². The van der Waals surface area contributed by atoms with E-state index < -0.39 is 9.84 Å². The molecule has 1 aliphatic rings. The van der Waals surface area contributed by atoms with Crippen molar-refractivity contribution in [3.05, 3.63) is 29.8 Å². The standard InChI is InChI=1S/C12H16N2O3S/c13-11-4-2-1-3-10(11)12(15)14-9-5-7-18(16,17)8-6-9/h1-4,9H,5-8,13H2,(H,14,15). The van der Waals surface area contributed by atoms with E-state index in [1.54, 1.807) is 24.3 Å². The lowest BCUT2D eigenvalue weighted by atomic mass is 10.1. The van der Waals surface area contributed by atoms with Crippen molar-refractivity contribution in [3.8, 4) is 0 Å². The molecule has 1 amide bonds. The molecule has 98 valence electrons. The molecule has 0 radical (unpaired) electrons. The van der Waals surface area contributed by atoms with E-state index in [4.69, 9.17) is 5.73 Å². The number of carbonyl (C=O) groups excluding carboxylic acids is 1. The Kier molecular flexibility index (Phi) is 3.56. The van der Waals surface area contributed by atoms with Gasteiger partial charge in [-0.05, 0) is 25.0 Å². The number of rotatable bonds is 2. The molecular weight excluding hydrogens is 252 g/mol. The highest BCUT2D eigenvalue weighted by Gasteiger charge is 2.25. The van der Waals surface area contributed by atoms with Crippen molar-refractivity contribution in [2.45, 2.75) is 18.9 Å². The van der Waals surface area contributed by atoms with Crippen molar-refractivity contribution in [3.63, 3.8) is 0 Å². The zero-order valence-corrected chi connectivity index (χ0v) is 10.7. The van der Waals surface area contributed by atoms with Gasteiger partial charge in [0.1, 0.15) is 9.84 Å². The van der Waals surface area contributed by atoms with Gasteiger partial charge in [0.15, 0.2) is 0 Å². The fourth-order valence-electron chi connectivity index (χ4n) is 2.00.